The smallest absolute Gasteiger partial charge is 0.188 e. The fraction of sp³-hybridized carbons (Fsp3) is 0.714. The van der Waals surface area contributed by atoms with Crippen LogP contribution in [0.15, 0.2) is 4.99 Å². The molecule has 0 atom stereocenters. The number of unbranched alkanes of at least 4 members (excludes halogenated alkanes) is 1. The van der Waals surface area contributed by atoms with Gasteiger partial charge < -0.3 is 0 Å². The van der Waals surface area contributed by atoms with Crippen molar-refractivity contribution in [2.45, 2.75) is 19.3 Å². The van der Waals surface area contributed by atoms with Crippen LogP contribution in [0, 0.1) is 0 Å². The van der Waals surface area contributed by atoms with Crippen molar-refractivity contribution in [3.8, 4) is 0 Å². The molecular formula is C7H11NOS2. The fourth-order valence-electron chi connectivity index (χ4n) is 0.608. The van der Waals surface area contributed by atoms with Gasteiger partial charge >= 0.3 is 0 Å². The van der Waals surface area contributed by atoms with Crippen LogP contribution in [-0.2, 0) is 4.79 Å². The molecule has 2 nitrogen and oxygen atoms in total. The number of aliphatic imine (C=N–C) groups is 1. The predicted octanol–water partition coefficient (Wildman–Crippen LogP) is 2.15. The van der Waals surface area contributed by atoms with Crippen LogP contribution in [0.3, 0.4) is 0 Å². The Morgan fingerprint density at radius 2 is 2.36 bits per heavy atom. The number of thiocarbonyl (C=S) groups is 1. The minimum absolute atomic E-state index is 0.247. The number of carbonyl (C=O) groups is 1. The van der Waals surface area contributed by atoms with Crippen molar-refractivity contribution in [3.05, 3.63) is 0 Å². The summed E-state index contributed by atoms with van der Waals surface area (Å²) in [5.74, 6) is 0. The molecule has 0 bridgehead atoms. The van der Waals surface area contributed by atoms with E-state index in [1.807, 2.05) is 0 Å². The first-order valence-electron chi connectivity index (χ1n) is 3.41. The normalized spacial score (nSPS) is 8.82. The molecule has 0 aromatic rings. The Morgan fingerprint density at radius 1 is 1.64 bits per heavy atom. The lowest BCUT2D eigenvalue weighted by Crippen LogP contribution is -1.90. The quantitative estimate of drug-likeness (QED) is 0.377. The SMILES string of the molecule is CSC(=O)CCCCN=C=S. The summed E-state index contributed by atoms with van der Waals surface area (Å²) in [6.07, 6.45) is 4.28. The van der Waals surface area contributed by atoms with E-state index in [0.29, 0.717) is 13.0 Å². The number of hydrogen-bond acceptors (Lipinski definition) is 4. The topological polar surface area (TPSA) is 29.4 Å². The highest BCUT2D eigenvalue weighted by Crippen LogP contribution is 2.04. The molecular weight excluding hydrogens is 178 g/mol. The van der Waals surface area contributed by atoms with E-state index in [0.717, 1.165) is 12.8 Å². The van der Waals surface area contributed by atoms with E-state index in [1.54, 1.807) is 6.26 Å². The summed E-state index contributed by atoms with van der Waals surface area (Å²) in [7, 11) is 0. The van der Waals surface area contributed by atoms with E-state index in [2.05, 4.69) is 22.4 Å². The van der Waals surface area contributed by atoms with Gasteiger partial charge in [-0.2, -0.15) is 0 Å². The number of thioether (sulfide) groups is 1. The summed E-state index contributed by atoms with van der Waals surface area (Å²) >= 11 is 5.67. The standard InChI is InChI=1S/C7H11NOS2/c1-11-7(9)4-2-3-5-8-6-10/h2-5H2,1H3. The average molecular weight is 189 g/mol. The summed E-state index contributed by atoms with van der Waals surface area (Å²) in [4.78, 5) is 14.5. The van der Waals surface area contributed by atoms with Gasteiger partial charge in [-0.3, -0.25) is 4.79 Å². The van der Waals surface area contributed by atoms with Crippen molar-refractivity contribution in [2.24, 2.45) is 4.99 Å². The van der Waals surface area contributed by atoms with Crippen molar-refractivity contribution in [2.75, 3.05) is 12.8 Å². The van der Waals surface area contributed by atoms with Crippen LogP contribution in [0.2, 0.25) is 0 Å². The molecule has 0 heterocycles. The Labute approximate surface area is 76.5 Å². The molecule has 0 aliphatic carbocycles. The summed E-state index contributed by atoms with van der Waals surface area (Å²) < 4.78 is 0. The zero-order chi connectivity index (χ0) is 8.53. The van der Waals surface area contributed by atoms with Crippen LogP contribution in [-0.4, -0.2) is 23.1 Å². The second-order valence-corrected chi connectivity index (χ2v) is 3.05. The van der Waals surface area contributed by atoms with Crippen LogP contribution in [0.5, 0.6) is 0 Å². The molecule has 0 aromatic carbocycles. The van der Waals surface area contributed by atoms with E-state index in [1.165, 1.54) is 11.8 Å². The third kappa shape index (κ3) is 7.72. The fourth-order valence-corrected chi connectivity index (χ4v) is 1.05. The molecule has 0 amide bonds. The molecule has 0 aliphatic heterocycles. The number of nitrogens with zero attached hydrogens (tertiary/aromatic N) is 1. The molecule has 0 aromatic heterocycles. The van der Waals surface area contributed by atoms with E-state index in [4.69, 9.17) is 0 Å². The van der Waals surface area contributed by atoms with Crippen molar-refractivity contribution >= 4 is 34.3 Å². The molecule has 0 spiro atoms. The summed E-state index contributed by atoms with van der Waals surface area (Å²) in [6, 6.07) is 0. The van der Waals surface area contributed by atoms with Crippen LogP contribution >= 0.6 is 24.0 Å². The van der Waals surface area contributed by atoms with Gasteiger partial charge in [-0.05, 0) is 31.3 Å². The van der Waals surface area contributed by atoms with Crippen molar-refractivity contribution in [1.82, 2.24) is 0 Å². The van der Waals surface area contributed by atoms with Gasteiger partial charge in [0, 0.05) is 13.0 Å². The minimum atomic E-state index is 0.247. The maximum absolute atomic E-state index is 10.7. The van der Waals surface area contributed by atoms with Gasteiger partial charge in [0.15, 0.2) is 5.12 Å². The van der Waals surface area contributed by atoms with Gasteiger partial charge in [0.25, 0.3) is 0 Å². The maximum atomic E-state index is 10.7. The minimum Gasteiger partial charge on any atom is -0.287 e. The predicted molar refractivity (Wildman–Crippen MR) is 52.3 cm³/mol. The molecule has 0 N–H and O–H groups in total. The van der Waals surface area contributed by atoms with E-state index >= 15 is 0 Å². The van der Waals surface area contributed by atoms with E-state index < -0.39 is 0 Å². The van der Waals surface area contributed by atoms with Crippen molar-refractivity contribution in [3.63, 3.8) is 0 Å². The average Bonchev–Trinajstić information content (AvgIpc) is 2.04. The summed E-state index contributed by atoms with van der Waals surface area (Å²) in [5, 5.41) is 2.53. The lowest BCUT2D eigenvalue weighted by molar-refractivity contribution is -0.111. The first-order chi connectivity index (χ1) is 5.31. The second kappa shape index (κ2) is 7.92. The van der Waals surface area contributed by atoms with Crippen molar-refractivity contribution < 1.29 is 4.79 Å². The third-order valence-electron chi connectivity index (χ3n) is 1.19. The van der Waals surface area contributed by atoms with Gasteiger partial charge in [-0.15, -0.1) is 0 Å². The molecule has 0 fully saturated rings. The lowest BCUT2D eigenvalue weighted by atomic mass is 10.2. The molecule has 4 heteroatoms. The van der Waals surface area contributed by atoms with Crippen molar-refractivity contribution in [1.29, 1.82) is 0 Å². The van der Waals surface area contributed by atoms with Gasteiger partial charge in [0.1, 0.15) is 0 Å². The third-order valence-corrected chi connectivity index (χ3v) is 1.98. The molecule has 62 valence electrons. The van der Waals surface area contributed by atoms with Crippen LogP contribution < -0.4 is 0 Å². The van der Waals surface area contributed by atoms with Gasteiger partial charge in [-0.25, -0.2) is 4.99 Å². The Balaban J connectivity index is 3.14. The monoisotopic (exact) mass is 189 g/mol. The molecule has 11 heavy (non-hydrogen) atoms. The molecule has 0 saturated carbocycles. The number of hydrogen-bond donors (Lipinski definition) is 0. The number of carbonyl (C=O) groups excluding carboxylic acids is 1. The Morgan fingerprint density at radius 3 is 2.91 bits per heavy atom. The number of rotatable bonds is 5. The molecule has 0 rings (SSSR count). The second-order valence-electron chi connectivity index (χ2n) is 2.01. The highest BCUT2D eigenvalue weighted by Gasteiger charge is 1.96. The Hall–Kier alpha value is -0.180. The largest absolute Gasteiger partial charge is 0.287 e. The van der Waals surface area contributed by atoms with E-state index in [9.17, 15) is 4.79 Å². The molecule has 0 unspecified atom stereocenters. The van der Waals surface area contributed by atoms with Gasteiger partial charge in [0.2, 0.25) is 0 Å². The summed E-state index contributed by atoms with van der Waals surface area (Å²) in [6.45, 7) is 0.700. The van der Waals surface area contributed by atoms with Gasteiger partial charge in [-0.1, -0.05) is 11.8 Å². The first-order valence-corrected chi connectivity index (χ1v) is 5.05. The highest BCUT2D eigenvalue weighted by molar-refractivity contribution is 8.13. The van der Waals surface area contributed by atoms with E-state index in [-0.39, 0.29) is 5.12 Å². The first kappa shape index (κ1) is 10.8. The molecule has 0 saturated heterocycles. The Kier molecular flexibility index (Phi) is 7.79. The zero-order valence-electron chi connectivity index (χ0n) is 6.50. The number of isothiocyanates is 1. The molecule has 0 aliphatic rings. The van der Waals surface area contributed by atoms with Crippen LogP contribution in [0.1, 0.15) is 19.3 Å². The van der Waals surface area contributed by atoms with Crippen LogP contribution in [0.25, 0.3) is 0 Å². The molecule has 0 radical (unpaired) electrons. The van der Waals surface area contributed by atoms with Crippen LogP contribution in [0.4, 0.5) is 0 Å². The zero-order valence-corrected chi connectivity index (χ0v) is 8.13. The summed E-state index contributed by atoms with van der Waals surface area (Å²) in [5.41, 5.74) is 0. The maximum Gasteiger partial charge on any atom is 0.188 e. The highest BCUT2D eigenvalue weighted by atomic mass is 32.2. The Bertz CT molecular complexity index is 164. The lowest BCUT2D eigenvalue weighted by Gasteiger charge is -1.93. The van der Waals surface area contributed by atoms with Gasteiger partial charge in [0.05, 0.1) is 5.16 Å².